The van der Waals surface area contributed by atoms with E-state index in [1.165, 1.54) is 6.42 Å². The van der Waals surface area contributed by atoms with Crippen molar-refractivity contribution in [3.05, 3.63) is 0 Å². The number of nitrogens with zero attached hydrogens (tertiary/aromatic N) is 1. The molecule has 112 valence electrons. The van der Waals surface area contributed by atoms with E-state index in [0.29, 0.717) is 19.0 Å². The molecule has 2 heterocycles. The van der Waals surface area contributed by atoms with E-state index in [1.807, 2.05) is 0 Å². The molecular formula is C13H26N2O3S. The predicted molar refractivity (Wildman–Crippen MR) is 75.6 cm³/mol. The van der Waals surface area contributed by atoms with Gasteiger partial charge in [-0.1, -0.05) is 6.92 Å². The number of likely N-dealkylation sites (N-methyl/N-ethyl adjacent to an activating group) is 1. The Morgan fingerprint density at radius 3 is 2.84 bits per heavy atom. The predicted octanol–water partition coefficient (Wildman–Crippen LogP) is 0.959. The summed E-state index contributed by atoms with van der Waals surface area (Å²) in [5.41, 5.74) is 0. The molecule has 1 N–H and O–H groups in total. The average molecular weight is 290 g/mol. The van der Waals surface area contributed by atoms with Crippen molar-refractivity contribution in [2.75, 3.05) is 32.0 Å². The summed E-state index contributed by atoms with van der Waals surface area (Å²) < 4.78 is 32.1. The molecule has 0 aliphatic carbocycles. The van der Waals surface area contributed by atoms with Crippen LogP contribution in [-0.4, -0.2) is 57.5 Å². The first kappa shape index (κ1) is 15.2. The van der Waals surface area contributed by atoms with E-state index in [9.17, 15) is 8.42 Å². The Bertz CT molecular complexity index is 366. The van der Waals surface area contributed by atoms with Gasteiger partial charge in [0.2, 0.25) is 10.0 Å². The minimum absolute atomic E-state index is 0.148. The van der Waals surface area contributed by atoms with Crippen molar-refractivity contribution in [2.24, 2.45) is 0 Å². The van der Waals surface area contributed by atoms with E-state index in [2.05, 4.69) is 16.5 Å². The Kier molecular flexibility index (Phi) is 5.62. The highest BCUT2D eigenvalue weighted by Crippen LogP contribution is 2.17. The molecule has 0 unspecified atom stereocenters. The third-order valence-corrected chi connectivity index (χ3v) is 5.56. The van der Waals surface area contributed by atoms with Crippen molar-refractivity contribution in [1.29, 1.82) is 0 Å². The van der Waals surface area contributed by atoms with Crippen LogP contribution in [0, 0.1) is 0 Å². The van der Waals surface area contributed by atoms with Crippen LogP contribution in [0.3, 0.4) is 0 Å². The van der Waals surface area contributed by atoms with Gasteiger partial charge in [-0.25, -0.2) is 13.1 Å². The topological polar surface area (TPSA) is 58.6 Å². The minimum atomic E-state index is -3.14. The molecule has 0 amide bonds. The lowest BCUT2D eigenvalue weighted by molar-refractivity contribution is 0.109. The molecular weight excluding hydrogens is 264 g/mol. The van der Waals surface area contributed by atoms with Crippen molar-refractivity contribution in [3.63, 3.8) is 0 Å². The molecule has 0 aromatic rings. The van der Waals surface area contributed by atoms with Crippen molar-refractivity contribution in [1.82, 2.24) is 9.62 Å². The Balaban J connectivity index is 1.71. The van der Waals surface area contributed by atoms with Gasteiger partial charge in [-0.05, 0) is 45.2 Å². The number of sulfonamides is 1. The van der Waals surface area contributed by atoms with Crippen LogP contribution < -0.4 is 4.72 Å². The zero-order valence-electron chi connectivity index (χ0n) is 11.8. The lowest BCUT2D eigenvalue weighted by Gasteiger charge is -2.23. The van der Waals surface area contributed by atoms with E-state index >= 15 is 0 Å². The number of ether oxygens (including phenoxy) is 1. The third-order valence-electron chi connectivity index (χ3n) is 4.18. The molecule has 2 aliphatic rings. The van der Waals surface area contributed by atoms with Crippen LogP contribution in [0.25, 0.3) is 0 Å². The summed E-state index contributed by atoms with van der Waals surface area (Å²) in [7, 11) is -3.14. The maximum absolute atomic E-state index is 12.0. The lowest BCUT2D eigenvalue weighted by atomic mass is 10.2. The first-order valence-electron chi connectivity index (χ1n) is 7.43. The van der Waals surface area contributed by atoms with Gasteiger partial charge in [0, 0.05) is 19.2 Å². The van der Waals surface area contributed by atoms with Crippen LogP contribution in [0.1, 0.15) is 39.0 Å². The molecule has 0 spiro atoms. The Hall–Kier alpha value is -0.170. The molecule has 19 heavy (non-hydrogen) atoms. The molecule has 0 aromatic carbocycles. The standard InChI is InChI=1S/C13H26N2O3S/c1-2-15-8-3-5-12(15)11-14-19(16,17)10-7-13-6-4-9-18-13/h12-14H,2-11H2,1H3/t12-,13+/m0/s1. The first-order valence-corrected chi connectivity index (χ1v) is 9.09. The van der Waals surface area contributed by atoms with Crippen LogP contribution in [0.15, 0.2) is 0 Å². The van der Waals surface area contributed by atoms with Gasteiger partial charge < -0.3 is 4.74 Å². The van der Waals surface area contributed by atoms with Crippen LogP contribution in [0.4, 0.5) is 0 Å². The monoisotopic (exact) mass is 290 g/mol. The third kappa shape index (κ3) is 4.70. The zero-order valence-corrected chi connectivity index (χ0v) is 12.6. The van der Waals surface area contributed by atoms with Crippen LogP contribution >= 0.6 is 0 Å². The molecule has 0 bridgehead atoms. The second-order valence-electron chi connectivity index (χ2n) is 5.52. The highest BCUT2D eigenvalue weighted by molar-refractivity contribution is 7.89. The summed E-state index contributed by atoms with van der Waals surface area (Å²) in [5.74, 6) is 0.191. The maximum Gasteiger partial charge on any atom is 0.211 e. The molecule has 5 nitrogen and oxygen atoms in total. The molecule has 2 aliphatic heterocycles. The molecule has 0 saturated carbocycles. The fourth-order valence-corrected chi connectivity index (χ4v) is 4.16. The first-order chi connectivity index (χ1) is 9.11. The molecule has 6 heteroatoms. The minimum Gasteiger partial charge on any atom is -0.378 e. The van der Waals surface area contributed by atoms with E-state index in [4.69, 9.17) is 4.74 Å². The summed E-state index contributed by atoms with van der Waals surface area (Å²) in [4.78, 5) is 2.35. The quantitative estimate of drug-likeness (QED) is 0.759. The van der Waals surface area contributed by atoms with Crippen molar-refractivity contribution >= 4 is 10.0 Å². The highest BCUT2D eigenvalue weighted by Gasteiger charge is 2.25. The van der Waals surface area contributed by atoms with Gasteiger partial charge in [-0.15, -0.1) is 0 Å². The van der Waals surface area contributed by atoms with E-state index in [1.54, 1.807) is 0 Å². The zero-order chi connectivity index (χ0) is 13.7. The highest BCUT2D eigenvalue weighted by atomic mass is 32.2. The van der Waals surface area contributed by atoms with E-state index < -0.39 is 10.0 Å². The summed E-state index contributed by atoms with van der Waals surface area (Å²) in [6, 6.07) is 0.377. The van der Waals surface area contributed by atoms with Gasteiger partial charge in [0.05, 0.1) is 11.9 Å². The Morgan fingerprint density at radius 1 is 1.32 bits per heavy atom. The maximum atomic E-state index is 12.0. The SMILES string of the molecule is CCN1CCC[C@H]1CNS(=O)(=O)CC[C@H]1CCCO1. The molecule has 2 atom stereocenters. The molecule has 2 saturated heterocycles. The number of rotatable bonds is 7. The molecule has 2 fully saturated rings. The number of likely N-dealkylation sites (tertiary alicyclic amines) is 1. The van der Waals surface area contributed by atoms with E-state index in [-0.39, 0.29) is 11.9 Å². The van der Waals surface area contributed by atoms with Crippen molar-refractivity contribution in [3.8, 4) is 0 Å². The summed E-state index contributed by atoms with van der Waals surface area (Å²) >= 11 is 0. The Labute approximate surface area is 116 Å². The second kappa shape index (κ2) is 7.02. The fraction of sp³-hybridized carbons (Fsp3) is 1.00. The Morgan fingerprint density at radius 2 is 2.16 bits per heavy atom. The summed E-state index contributed by atoms with van der Waals surface area (Å²) in [6.07, 6.45) is 5.11. The van der Waals surface area contributed by atoms with Gasteiger partial charge in [-0.3, -0.25) is 4.90 Å². The van der Waals surface area contributed by atoms with Gasteiger partial charge in [0.25, 0.3) is 0 Å². The number of hydrogen-bond donors (Lipinski definition) is 1. The van der Waals surface area contributed by atoms with Crippen LogP contribution in [0.2, 0.25) is 0 Å². The van der Waals surface area contributed by atoms with Gasteiger partial charge >= 0.3 is 0 Å². The van der Waals surface area contributed by atoms with Crippen molar-refractivity contribution < 1.29 is 13.2 Å². The van der Waals surface area contributed by atoms with Crippen molar-refractivity contribution in [2.45, 2.75) is 51.2 Å². The number of hydrogen-bond acceptors (Lipinski definition) is 4. The summed E-state index contributed by atoms with van der Waals surface area (Å²) in [5, 5.41) is 0. The fourth-order valence-electron chi connectivity index (χ4n) is 3.00. The molecule has 0 aromatic heterocycles. The smallest absolute Gasteiger partial charge is 0.211 e. The lowest BCUT2D eigenvalue weighted by Crippen LogP contribution is -2.41. The van der Waals surface area contributed by atoms with Gasteiger partial charge in [-0.2, -0.15) is 0 Å². The van der Waals surface area contributed by atoms with Gasteiger partial charge in [0.1, 0.15) is 0 Å². The van der Waals surface area contributed by atoms with Crippen LogP contribution in [0.5, 0.6) is 0 Å². The largest absolute Gasteiger partial charge is 0.378 e. The van der Waals surface area contributed by atoms with Gasteiger partial charge in [0.15, 0.2) is 0 Å². The average Bonchev–Trinajstić information content (AvgIpc) is 3.05. The number of nitrogens with one attached hydrogen (secondary N) is 1. The molecule has 2 rings (SSSR count). The molecule has 0 radical (unpaired) electrons. The van der Waals surface area contributed by atoms with E-state index in [0.717, 1.165) is 39.0 Å². The summed E-state index contributed by atoms with van der Waals surface area (Å²) in [6.45, 7) is 5.57. The second-order valence-corrected chi connectivity index (χ2v) is 7.44. The normalized spacial score (nSPS) is 29.1. The van der Waals surface area contributed by atoms with Crippen LogP contribution in [-0.2, 0) is 14.8 Å².